The van der Waals surface area contributed by atoms with Crippen LogP contribution >= 0.6 is 11.6 Å². The first-order valence-electron chi connectivity index (χ1n) is 6.65. The van der Waals surface area contributed by atoms with Gasteiger partial charge in [0.2, 0.25) is 0 Å². The molecule has 1 heterocycles. The van der Waals surface area contributed by atoms with E-state index in [2.05, 4.69) is 17.2 Å². The molecule has 1 unspecified atom stereocenters. The Bertz CT molecular complexity index is 632. The minimum absolute atomic E-state index is 0.0610. The molecular weight excluding hydrogens is 288 g/mol. The molecule has 0 amide bonds. The predicted molar refractivity (Wildman–Crippen MR) is 85.6 cm³/mol. The summed E-state index contributed by atoms with van der Waals surface area (Å²) >= 11 is 6.12. The van der Waals surface area contributed by atoms with Crippen molar-refractivity contribution in [2.45, 2.75) is 19.9 Å². The van der Waals surface area contributed by atoms with E-state index in [1.165, 1.54) is 0 Å². The molecule has 4 nitrogen and oxygen atoms in total. The number of anilines is 1. The average molecular weight is 307 g/mol. The number of nitrogens with zero attached hydrogens (tertiary/aromatic N) is 1. The smallest absolute Gasteiger partial charge is 0.161 e. The maximum absolute atomic E-state index is 6.12. The number of methoxy groups -OCH3 is 2. The van der Waals surface area contributed by atoms with Gasteiger partial charge >= 0.3 is 0 Å². The molecule has 5 heteroatoms. The lowest BCUT2D eigenvalue weighted by atomic mass is 10.1. The van der Waals surface area contributed by atoms with Gasteiger partial charge in [-0.05, 0) is 43.2 Å². The minimum Gasteiger partial charge on any atom is -0.493 e. The minimum atomic E-state index is 0.0610. The van der Waals surface area contributed by atoms with E-state index < -0.39 is 0 Å². The van der Waals surface area contributed by atoms with Gasteiger partial charge in [0.1, 0.15) is 0 Å². The third-order valence-corrected chi connectivity index (χ3v) is 3.56. The van der Waals surface area contributed by atoms with E-state index in [0.717, 1.165) is 16.8 Å². The number of halogens is 1. The van der Waals surface area contributed by atoms with Crippen LogP contribution in [-0.2, 0) is 0 Å². The van der Waals surface area contributed by atoms with Gasteiger partial charge in [0.05, 0.1) is 19.9 Å². The number of benzene rings is 1. The number of aromatic nitrogens is 1. The molecule has 0 spiro atoms. The Kier molecular flexibility index (Phi) is 4.91. The lowest BCUT2D eigenvalue weighted by Crippen LogP contribution is -2.08. The lowest BCUT2D eigenvalue weighted by Gasteiger charge is -2.18. The monoisotopic (exact) mass is 306 g/mol. The topological polar surface area (TPSA) is 43.4 Å². The molecule has 1 N–H and O–H groups in total. The fourth-order valence-corrected chi connectivity index (χ4v) is 2.25. The van der Waals surface area contributed by atoms with Crippen molar-refractivity contribution in [1.29, 1.82) is 0 Å². The summed E-state index contributed by atoms with van der Waals surface area (Å²) in [4.78, 5) is 4.14. The van der Waals surface area contributed by atoms with E-state index in [4.69, 9.17) is 21.1 Å². The van der Waals surface area contributed by atoms with Crippen molar-refractivity contribution in [3.8, 4) is 11.5 Å². The van der Waals surface area contributed by atoms with Crippen LogP contribution in [0, 0.1) is 6.92 Å². The van der Waals surface area contributed by atoms with Crippen LogP contribution in [-0.4, -0.2) is 19.2 Å². The molecule has 0 saturated heterocycles. The third kappa shape index (κ3) is 3.58. The van der Waals surface area contributed by atoms with Crippen molar-refractivity contribution in [1.82, 2.24) is 4.98 Å². The van der Waals surface area contributed by atoms with Crippen molar-refractivity contribution in [3.05, 3.63) is 46.7 Å². The van der Waals surface area contributed by atoms with E-state index in [1.54, 1.807) is 20.4 Å². The number of pyridine rings is 1. The molecule has 0 bridgehead atoms. The van der Waals surface area contributed by atoms with E-state index >= 15 is 0 Å². The quantitative estimate of drug-likeness (QED) is 0.839. The Morgan fingerprint density at radius 3 is 2.52 bits per heavy atom. The summed E-state index contributed by atoms with van der Waals surface area (Å²) in [6.45, 7) is 4.04. The molecule has 0 saturated carbocycles. The highest BCUT2D eigenvalue weighted by molar-refractivity contribution is 6.31. The van der Waals surface area contributed by atoms with E-state index in [0.29, 0.717) is 16.7 Å². The molecular formula is C16H19ClN2O2. The van der Waals surface area contributed by atoms with Crippen molar-refractivity contribution in [2.75, 3.05) is 19.5 Å². The van der Waals surface area contributed by atoms with Crippen LogP contribution in [0.4, 0.5) is 5.69 Å². The van der Waals surface area contributed by atoms with Crippen LogP contribution in [0.15, 0.2) is 30.5 Å². The second-order valence-electron chi connectivity index (χ2n) is 4.83. The van der Waals surface area contributed by atoms with Crippen molar-refractivity contribution in [3.63, 3.8) is 0 Å². The molecule has 1 aromatic carbocycles. The second kappa shape index (κ2) is 6.68. The van der Waals surface area contributed by atoms with E-state index in [9.17, 15) is 0 Å². The van der Waals surface area contributed by atoms with Gasteiger partial charge in [-0.25, -0.2) is 4.98 Å². The van der Waals surface area contributed by atoms with Crippen molar-refractivity contribution in [2.24, 2.45) is 0 Å². The molecule has 0 radical (unpaired) electrons. The highest BCUT2D eigenvalue weighted by Gasteiger charge is 2.12. The normalized spacial score (nSPS) is 11.9. The molecule has 2 aromatic rings. The fraction of sp³-hybridized carbons (Fsp3) is 0.312. The summed E-state index contributed by atoms with van der Waals surface area (Å²) in [5, 5.41) is 3.83. The van der Waals surface area contributed by atoms with Gasteiger partial charge in [-0.1, -0.05) is 17.7 Å². The van der Waals surface area contributed by atoms with Gasteiger partial charge in [-0.3, -0.25) is 0 Å². The first-order chi connectivity index (χ1) is 10.0. The summed E-state index contributed by atoms with van der Waals surface area (Å²) in [5.74, 6) is 1.42. The molecule has 2 rings (SSSR count). The molecule has 0 aliphatic rings. The second-order valence-corrected chi connectivity index (χ2v) is 5.19. The van der Waals surface area contributed by atoms with Gasteiger partial charge in [0.15, 0.2) is 16.7 Å². The summed E-state index contributed by atoms with van der Waals surface area (Å²) in [6.07, 6.45) is 1.74. The first kappa shape index (κ1) is 15.4. The maximum atomic E-state index is 6.12. The van der Waals surface area contributed by atoms with Crippen LogP contribution < -0.4 is 14.8 Å². The molecule has 0 aliphatic heterocycles. The fourth-order valence-electron chi connectivity index (χ4n) is 2.09. The summed E-state index contributed by atoms with van der Waals surface area (Å²) in [7, 11) is 3.25. The average Bonchev–Trinajstić information content (AvgIpc) is 2.50. The zero-order chi connectivity index (χ0) is 15.4. The standard InChI is InChI=1S/C16H19ClN2O2/c1-10-7-13(16(17)18-9-10)19-11(2)12-5-6-14(20-3)15(8-12)21-4/h5-9,11,19H,1-4H3. The Morgan fingerprint density at radius 1 is 1.14 bits per heavy atom. The Morgan fingerprint density at radius 2 is 1.86 bits per heavy atom. The van der Waals surface area contributed by atoms with Gasteiger partial charge < -0.3 is 14.8 Å². The van der Waals surface area contributed by atoms with Crippen LogP contribution in [0.5, 0.6) is 11.5 Å². The molecule has 0 fully saturated rings. The Labute approximate surface area is 130 Å². The van der Waals surface area contributed by atoms with E-state index in [1.807, 2.05) is 31.2 Å². The van der Waals surface area contributed by atoms with Gasteiger partial charge in [-0.2, -0.15) is 0 Å². The molecule has 1 atom stereocenters. The zero-order valence-corrected chi connectivity index (χ0v) is 13.4. The molecule has 112 valence electrons. The highest BCUT2D eigenvalue weighted by Crippen LogP contribution is 2.32. The number of ether oxygens (including phenoxy) is 2. The highest BCUT2D eigenvalue weighted by atomic mass is 35.5. The number of aryl methyl sites for hydroxylation is 1. The van der Waals surface area contributed by atoms with Crippen LogP contribution in [0.1, 0.15) is 24.1 Å². The maximum Gasteiger partial charge on any atom is 0.161 e. The third-order valence-electron chi connectivity index (χ3n) is 3.26. The predicted octanol–water partition coefficient (Wildman–Crippen LogP) is 4.23. The largest absolute Gasteiger partial charge is 0.493 e. The summed E-state index contributed by atoms with van der Waals surface area (Å²) in [5.41, 5.74) is 2.95. The first-order valence-corrected chi connectivity index (χ1v) is 7.03. The van der Waals surface area contributed by atoms with Crippen LogP contribution in [0.3, 0.4) is 0 Å². The zero-order valence-electron chi connectivity index (χ0n) is 12.6. The Hall–Kier alpha value is -1.94. The van der Waals surface area contributed by atoms with Crippen molar-refractivity contribution >= 4 is 17.3 Å². The molecule has 21 heavy (non-hydrogen) atoms. The van der Waals surface area contributed by atoms with E-state index in [-0.39, 0.29) is 6.04 Å². The van der Waals surface area contributed by atoms with Crippen LogP contribution in [0.2, 0.25) is 5.15 Å². The number of rotatable bonds is 5. The van der Waals surface area contributed by atoms with Gasteiger partial charge in [0.25, 0.3) is 0 Å². The molecule has 1 aromatic heterocycles. The van der Waals surface area contributed by atoms with Gasteiger partial charge in [0, 0.05) is 12.2 Å². The summed E-state index contributed by atoms with van der Waals surface area (Å²) in [6, 6.07) is 7.88. The van der Waals surface area contributed by atoms with Crippen molar-refractivity contribution < 1.29 is 9.47 Å². The molecule has 0 aliphatic carbocycles. The number of hydrogen-bond donors (Lipinski definition) is 1. The Balaban J connectivity index is 2.24. The number of hydrogen-bond acceptors (Lipinski definition) is 4. The number of nitrogens with one attached hydrogen (secondary N) is 1. The SMILES string of the molecule is COc1ccc(C(C)Nc2cc(C)cnc2Cl)cc1OC. The lowest BCUT2D eigenvalue weighted by molar-refractivity contribution is 0.354. The van der Waals surface area contributed by atoms with Gasteiger partial charge in [-0.15, -0.1) is 0 Å². The summed E-state index contributed by atoms with van der Waals surface area (Å²) < 4.78 is 10.6. The van der Waals surface area contributed by atoms with Crippen LogP contribution in [0.25, 0.3) is 0 Å².